The molecule has 1 saturated heterocycles. The number of ether oxygens (including phenoxy) is 3. The number of aliphatic hydroxyl groups excluding tert-OH is 1. The number of rotatable bonds is 3. The Hall–Kier alpha value is -2.87. The normalized spacial score (nSPS) is 37.8. The van der Waals surface area contributed by atoms with Crippen molar-refractivity contribution in [1.82, 2.24) is 0 Å². The van der Waals surface area contributed by atoms with Gasteiger partial charge in [0.05, 0.1) is 17.6 Å². The van der Waals surface area contributed by atoms with E-state index in [1.54, 1.807) is 0 Å². The SMILES string of the molecule is C=C1C(O)=C2/C(=C/N)C(=O)OC(COC)C2(C)C2=C1C1CCC(=O)C1(C)CC2OC(C)=O. The lowest BCUT2D eigenvalue weighted by atomic mass is 9.53. The molecular formula is C24H29NO7. The minimum atomic E-state index is -1.09. The van der Waals surface area contributed by atoms with Crippen LogP contribution in [-0.4, -0.2) is 48.8 Å². The summed E-state index contributed by atoms with van der Waals surface area (Å²) in [5.74, 6) is -1.42. The Balaban J connectivity index is 2.04. The third-order valence-corrected chi connectivity index (χ3v) is 7.74. The molecular weight excluding hydrogens is 414 g/mol. The van der Waals surface area contributed by atoms with Crippen LogP contribution in [0, 0.1) is 16.7 Å². The topological polar surface area (TPSA) is 125 Å². The number of hydrogen-bond acceptors (Lipinski definition) is 8. The van der Waals surface area contributed by atoms with Gasteiger partial charge in [0.25, 0.3) is 0 Å². The molecule has 4 aliphatic rings. The van der Waals surface area contributed by atoms with Crippen molar-refractivity contribution < 1.29 is 33.7 Å². The fourth-order valence-corrected chi connectivity index (χ4v) is 6.25. The van der Waals surface area contributed by atoms with Crippen LogP contribution in [0.4, 0.5) is 0 Å². The van der Waals surface area contributed by atoms with Crippen LogP contribution in [0.2, 0.25) is 0 Å². The summed E-state index contributed by atoms with van der Waals surface area (Å²) in [6.07, 6.45) is 0.857. The number of methoxy groups -OCH3 is 1. The van der Waals surface area contributed by atoms with E-state index in [4.69, 9.17) is 19.9 Å². The van der Waals surface area contributed by atoms with Gasteiger partial charge in [0.2, 0.25) is 0 Å². The number of cyclic esters (lactones) is 1. The molecule has 3 N–H and O–H groups in total. The van der Waals surface area contributed by atoms with E-state index in [1.165, 1.54) is 14.0 Å². The molecule has 2 fully saturated rings. The maximum absolute atomic E-state index is 12.9. The molecule has 1 aliphatic heterocycles. The molecule has 0 radical (unpaired) electrons. The first-order valence-electron chi connectivity index (χ1n) is 10.7. The molecule has 0 amide bonds. The summed E-state index contributed by atoms with van der Waals surface area (Å²) >= 11 is 0. The number of carbonyl (C=O) groups excluding carboxylic acids is 3. The molecule has 0 aromatic rings. The van der Waals surface area contributed by atoms with Crippen molar-refractivity contribution in [2.45, 2.75) is 52.2 Å². The van der Waals surface area contributed by atoms with Gasteiger partial charge in [-0.3, -0.25) is 9.59 Å². The van der Waals surface area contributed by atoms with Gasteiger partial charge in [0.15, 0.2) is 0 Å². The molecule has 1 heterocycles. The Bertz CT molecular complexity index is 1030. The van der Waals surface area contributed by atoms with Crippen LogP contribution in [0.1, 0.15) is 40.0 Å². The first kappa shape index (κ1) is 22.3. The summed E-state index contributed by atoms with van der Waals surface area (Å²) in [5.41, 5.74) is 5.97. The second-order valence-corrected chi connectivity index (χ2v) is 9.40. The van der Waals surface area contributed by atoms with E-state index in [9.17, 15) is 19.5 Å². The molecule has 8 heteroatoms. The molecule has 8 nitrogen and oxygen atoms in total. The highest BCUT2D eigenvalue weighted by molar-refractivity contribution is 5.97. The second kappa shape index (κ2) is 7.33. The summed E-state index contributed by atoms with van der Waals surface area (Å²) in [4.78, 5) is 37.7. The Morgan fingerprint density at radius 1 is 1.38 bits per heavy atom. The highest BCUT2D eigenvalue weighted by Gasteiger charge is 2.63. The van der Waals surface area contributed by atoms with Crippen molar-refractivity contribution in [2.24, 2.45) is 22.5 Å². The van der Waals surface area contributed by atoms with Crippen molar-refractivity contribution in [3.63, 3.8) is 0 Å². The second-order valence-electron chi connectivity index (χ2n) is 9.40. The predicted molar refractivity (Wildman–Crippen MR) is 114 cm³/mol. The van der Waals surface area contributed by atoms with E-state index >= 15 is 0 Å². The van der Waals surface area contributed by atoms with Gasteiger partial charge in [0, 0.05) is 49.6 Å². The Morgan fingerprint density at radius 2 is 2.06 bits per heavy atom. The number of ketones is 1. The number of fused-ring (bicyclic) bond motifs is 4. The van der Waals surface area contributed by atoms with Gasteiger partial charge < -0.3 is 25.1 Å². The Labute approximate surface area is 186 Å². The average molecular weight is 443 g/mol. The maximum Gasteiger partial charge on any atom is 0.340 e. The van der Waals surface area contributed by atoms with Gasteiger partial charge in [-0.15, -0.1) is 0 Å². The first-order chi connectivity index (χ1) is 15.0. The zero-order chi connectivity index (χ0) is 23.6. The number of allylic oxidation sites excluding steroid dienone is 1. The molecule has 172 valence electrons. The van der Waals surface area contributed by atoms with Crippen molar-refractivity contribution >= 4 is 17.7 Å². The minimum absolute atomic E-state index is 0.0301. The summed E-state index contributed by atoms with van der Waals surface area (Å²) in [6.45, 7) is 9.21. The highest BCUT2D eigenvalue weighted by Crippen LogP contribution is 2.64. The first-order valence-corrected chi connectivity index (χ1v) is 10.7. The summed E-state index contributed by atoms with van der Waals surface area (Å²) in [6, 6.07) is 0. The molecule has 5 atom stereocenters. The van der Waals surface area contributed by atoms with E-state index < -0.39 is 35.0 Å². The number of hydrogen-bond donors (Lipinski definition) is 2. The van der Waals surface area contributed by atoms with Gasteiger partial charge in [-0.1, -0.05) is 13.5 Å². The van der Waals surface area contributed by atoms with Crippen LogP contribution in [-0.2, 0) is 28.6 Å². The molecule has 0 bridgehead atoms. The predicted octanol–water partition coefficient (Wildman–Crippen LogP) is 2.41. The summed E-state index contributed by atoms with van der Waals surface area (Å²) in [7, 11) is 1.49. The lowest BCUT2D eigenvalue weighted by molar-refractivity contribution is -0.160. The Kier molecular flexibility index (Phi) is 5.12. The molecule has 0 aromatic heterocycles. The van der Waals surface area contributed by atoms with Gasteiger partial charge in [-0.25, -0.2) is 4.79 Å². The maximum atomic E-state index is 12.9. The highest BCUT2D eigenvalue weighted by atomic mass is 16.6. The van der Waals surface area contributed by atoms with Crippen LogP contribution < -0.4 is 5.73 Å². The molecule has 3 aliphatic carbocycles. The van der Waals surface area contributed by atoms with E-state index in [1.807, 2.05) is 13.8 Å². The zero-order valence-electron chi connectivity index (χ0n) is 18.8. The average Bonchev–Trinajstić information content (AvgIpc) is 3.01. The van der Waals surface area contributed by atoms with Crippen molar-refractivity contribution in [3.8, 4) is 0 Å². The summed E-state index contributed by atoms with van der Waals surface area (Å²) in [5, 5.41) is 11.3. The number of nitrogens with two attached hydrogens (primary N) is 1. The lowest BCUT2D eigenvalue weighted by Gasteiger charge is -2.54. The van der Waals surface area contributed by atoms with Gasteiger partial charge >= 0.3 is 11.9 Å². The van der Waals surface area contributed by atoms with Crippen molar-refractivity contribution in [2.75, 3.05) is 13.7 Å². The minimum Gasteiger partial charge on any atom is -0.507 e. The monoisotopic (exact) mass is 443 g/mol. The van der Waals surface area contributed by atoms with E-state index in [2.05, 4.69) is 6.58 Å². The third-order valence-electron chi connectivity index (χ3n) is 7.74. The third kappa shape index (κ3) is 2.75. The molecule has 4 rings (SSSR count). The van der Waals surface area contributed by atoms with Gasteiger partial charge in [-0.05, 0) is 30.4 Å². The van der Waals surface area contributed by atoms with Crippen LogP contribution in [0.5, 0.6) is 0 Å². The van der Waals surface area contributed by atoms with Crippen LogP contribution >= 0.6 is 0 Å². The number of Topliss-reactive ketones (excluding diaryl/α,β-unsaturated/α-hetero) is 1. The quantitative estimate of drug-likeness (QED) is 0.503. The van der Waals surface area contributed by atoms with E-state index in [0.717, 1.165) is 6.20 Å². The standard InChI is InChI=1S/C24H29NO7/c1-11-18-14-6-7-16(27)23(14,3)8-15(31-12(2)26)20(18)24(4)17(10-30-5)32-22(29)13(9-25)19(24)21(11)28/h9,14-15,17,28H,1,6-8,10,25H2,2-5H3/b13-9-. The molecule has 5 unspecified atom stereocenters. The van der Waals surface area contributed by atoms with Crippen molar-refractivity contribution in [1.29, 1.82) is 0 Å². The zero-order valence-corrected chi connectivity index (χ0v) is 18.8. The number of esters is 2. The molecule has 32 heavy (non-hydrogen) atoms. The molecule has 0 aromatic carbocycles. The summed E-state index contributed by atoms with van der Waals surface area (Å²) < 4.78 is 16.8. The fourth-order valence-electron chi connectivity index (χ4n) is 6.25. The largest absolute Gasteiger partial charge is 0.507 e. The van der Waals surface area contributed by atoms with E-state index in [-0.39, 0.29) is 35.2 Å². The smallest absolute Gasteiger partial charge is 0.340 e. The number of carbonyl (C=O) groups is 3. The van der Waals surface area contributed by atoms with Crippen LogP contribution in [0.3, 0.4) is 0 Å². The fraction of sp³-hybridized carbons (Fsp3) is 0.542. The van der Waals surface area contributed by atoms with Crippen LogP contribution in [0.15, 0.2) is 46.4 Å². The van der Waals surface area contributed by atoms with Crippen LogP contribution in [0.25, 0.3) is 0 Å². The van der Waals surface area contributed by atoms with E-state index in [0.29, 0.717) is 36.0 Å². The number of aliphatic hydroxyl groups is 1. The Morgan fingerprint density at radius 3 is 2.66 bits per heavy atom. The van der Waals surface area contributed by atoms with Crippen molar-refractivity contribution in [3.05, 3.63) is 46.4 Å². The molecule has 0 spiro atoms. The van der Waals surface area contributed by atoms with Gasteiger partial charge in [0.1, 0.15) is 23.8 Å². The van der Waals surface area contributed by atoms with Gasteiger partial charge in [-0.2, -0.15) is 0 Å². The molecule has 1 saturated carbocycles. The lowest BCUT2D eigenvalue weighted by Crippen LogP contribution is -2.55.